The number of aliphatic hydroxyl groups is 1. The first kappa shape index (κ1) is 26.3. The molecule has 2 aliphatic heterocycles. The Morgan fingerprint density at radius 2 is 2.06 bits per heavy atom. The highest BCUT2D eigenvalue weighted by atomic mass is 32.3. The molecular formula is C24H29F2N3O6S. The lowest BCUT2D eigenvalue weighted by Gasteiger charge is -2.37. The summed E-state index contributed by atoms with van der Waals surface area (Å²) in [6.45, 7) is -1.50. The van der Waals surface area contributed by atoms with Crippen LogP contribution in [0.1, 0.15) is 23.6 Å². The standard InChI is InChI=1S/C24H29F2N3O6S/c1-28(23(32)10-15-5-6-21-19(9-15)27-22(31)14-36(21,33)34)20(13-29-8-7-17(30)12-29)16-3-2-4-18(11-16)35-24(25)26/h2-6,9,11,17,20,24,30,33-34H,7-8,10,12-14H2,1H3,(H,27,31)/t17?,20-/m1/s1. The highest BCUT2D eigenvalue weighted by Gasteiger charge is 2.31. The van der Waals surface area contributed by atoms with Crippen molar-refractivity contribution >= 4 is 28.1 Å². The predicted octanol–water partition coefficient (Wildman–Crippen LogP) is 3.16. The molecule has 0 aromatic heterocycles. The first-order valence-corrected chi connectivity index (χ1v) is 13.1. The predicted molar refractivity (Wildman–Crippen MR) is 130 cm³/mol. The molecule has 2 amide bonds. The number of hydrogen-bond acceptors (Lipinski definition) is 7. The molecule has 1 fully saturated rings. The molecule has 1 saturated heterocycles. The fourth-order valence-electron chi connectivity index (χ4n) is 4.56. The smallest absolute Gasteiger partial charge is 0.387 e. The van der Waals surface area contributed by atoms with Gasteiger partial charge in [0.1, 0.15) is 11.5 Å². The molecule has 196 valence electrons. The lowest BCUT2D eigenvalue weighted by Crippen LogP contribution is -2.39. The van der Waals surface area contributed by atoms with Gasteiger partial charge in [-0.15, -0.1) is 0 Å². The van der Waals surface area contributed by atoms with Crippen LogP contribution in [0.5, 0.6) is 5.75 Å². The number of alkyl halides is 2. The van der Waals surface area contributed by atoms with Crippen LogP contribution in [0, 0.1) is 0 Å². The van der Waals surface area contributed by atoms with Crippen LogP contribution in [0.3, 0.4) is 0 Å². The highest BCUT2D eigenvalue weighted by molar-refractivity contribution is 8.25. The number of likely N-dealkylation sites (tertiary alicyclic amines) is 1. The van der Waals surface area contributed by atoms with E-state index in [0.29, 0.717) is 37.2 Å². The molecule has 36 heavy (non-hydrogen) atoms. The van der Waals surface area contributed by atoms with Crippen molar-refractivity contribution in [1.82, 2.24) is 9.80 Å². The number of benzene rings is 2. The van der Waals surface area contributed by atoms with Crippen LogP contribution in [0.25, 0.3) is 0 Å². The van der Waals surface area contributed by atoms with Crippen LogP contribution < -0.4 is 10.1 Å². The minimum Gasteiger partial charge on any atom is -0.435 e. The third-order valence-electron chi connectivity index (χ3n) is 6.37. The Balaban J connectivity index is 1.56. The lowest BCUT2D eigenvalue weighted by molar-refractivity contribution is -0.131. The van der Waals surface area contributed by atoms with Crippen LogP contribution in [0.15, 0.2) is 47.4 Å². The Labute approximate surface area is 209 Å². The largest absolute Gasteiger partial charge is 0.435 e. The van der Waals surface area contributed by atoms with Crippen LogP contribution in [-0.2, 0) is 16.0 Å². The van der Waals surface area contributed by atoms with Gasteiger partial charge >= 0.3 is 6.61 Å². The van der Waals surface area contributed by atoms with Crippen LogP contribution >= 0.6 is 10.6 Å². The first-order chi connectivity index (χ1) is 17.0. The molecule has 2 atom stereocenters. The van der Waals surface area contributed by atoms with Gasteiger partial charge in [-0.1, -0.05) is 18.2 Å². The molecule has 0 saturated carbocycles. The minimum absolute atomic E-state index is 0.0146. The van der Waals surface area contributed by atoms with Crippen LogP contribution in [0.4, 0.5) is 14.5 Å². The van der Waals surface area contributed by atoms with Gasteiger partial charge in [-0.3, -0.25) is 23.6 Å². The number of β-amino-alcohol motifs (C(OH)–C–C–N with tert-alkyl or cyclic N) is 1. The number of ether oxygens (including phenoxy) is 1. The van der Waals surface area contributed by atoms with Crippen molar-refractivity contribution in [3.05, 3.63) is 53.6 Å². The Hall–Kier alpha value is -2.77. The molecule has 9 nitrogen and oxygen atoms in total. The first-order valence-electron chi connectivity index (χ1n) is 11.4. The topological polar surface area (TPSA) is 123 Å². The van der Waals surface area contributed by atoms with Crippen molar-refractivity contribution < 1.29 is 37.3 Å². The second kappa shape index (κ2) is 10.7. The molecule has 0 spiro atoms. The number of aliphatic hydroxyl groups excluding tert-OH is 1. The van der Waals surface area contributed by atoms with E-state index in [1.54, 1.807) is 31.3 Å². The third kappa shape index (κ3) is 6.13. The zero-order chi connectivity index (χ0) is 26.0. The molecular weight excluding hydrogens is 496 g/mol. The number of hydrogen-bond donors (Lipinski definition) is 4. The number of amides is 2. The summed E-state index contributed by atoms with van der Waals surface area (Å²) >= 11 is 0. The van der Waals surface area contributed by atoms with Gasteiger partial charge in [0.2, 0.25) is 11.8 Å². The normalized spacial score (nSPS) is 21.0. The number of carbonyl (C=O) groups excluding carboxylic acids is 2. The van der Waals surface area contributed by atoms with E-state index >= 15 is 0 Å². The van der Waals surface area contributed by atoms with Gasteiger partial charge < -0.3 is 20.1 Å². The quantitative estimate of drug-likeness (QED) is 0.418. The van der Waals surface area contributed by atoms with E-state index in [1.807, 2.05) is 4.90 Å². The Morgan fingerprint density at radius 1 is 1.28 bits per heavy atom. The van der Waals surface area contributed by atoms with Gasteiger partial charge in [0, 0.05) is 26.7 Å². The van der Waals surface area contributed by atoms with Crippen molar-refractivity contribution in [2.24, 2.45) is 0 Å². The maximum atomic E-state index is 13.3. The molecule has 4 rings (SSSR count). The molecule has 1 unspecified atom stereocenters. The second-order valence-electron chi connectivity index (χ2n) is 9.04. The molecule has 0 bridgehead atoms. The van der Waals surface area contributed by atoms with Gasteiger partial charge in [-0.2, -0.15) is 19.4 Å². The fourth-order valence-corrected chi connectivity index (χ4v) is 5.90. The SMILES string of the molecule is CN(C(=O)Cc1ccc2c(c1)NC(=O)CS2(O)O)[C@H](CN1CCC(O)C1)c1cccc(OC(F)F)c1. The molecule has 12 heteroatoms. The minimum atomic E-state index is -3.23. The van der Waals surface area contributed by atoms with Crippen molar-refractivity contribution in [2.75, 3.05) is 37.8 Å². The number of carbonyl (C=O) groups is 2. The zero-order valence-electron chi connectivity index (χ0n) is 19.6. The van der Waals surface area contributed by atoms with Gasteiger partial charge in [-0.25, -0.2) is 0 Å². The van der Waals surface area contributed by atoms with Gasteiger partial charge in [-0.05, 0) is 41.8 Å². The second-order valence-corrected chi connectivity index (χ2v) is 11.1. The van der Waals surface area contributed by atoms with E-state index in [4.69, 9.17) is 0 Å². The van der Waals surface area contributed by atoms with E-state index in [9.17, 15) is 32.6 Å². The maximum Gasteiger partial charge on any atom is 0.387 e. The summed E-state index contributed by atoms with van der Waals surface area (Å²) in [7, 11) is -1.61. The van der Waals surface area contributed by atoms with Crippen molar-refractivity contribution in [3.63, 3.8) is 0 Å². The number of nitrogens with one attached hydrogen (secondary N) is 1. The van der Waals surface area contributed by atoms with E-state index in [2.05, 4.69) is 10.1 Å². The molecule has 4 N–H and O–H groups in total. The van der Waals surface area contributed by atoms with E-state index < -0.39 is 41.0 Å². The van der Waals surface area contributed by atoms with E-state index in [-0.39, 0.29) is 28.7 Å². The van der Waals surface area contributed by atoms with Gasteiger partial charge in [0.05, 0.1) is 29.1 Å². The Morgan fingerprint density at radius 3 is 2.75 bits per heavy atom. The molecule has 2 aromatic carbocycles. The van der Waals surface area contributed by atoms with Gasteiger partial charge in [0.25, 0.3) is 0 Å². The van der Waals surface area contributed by atoms with Crippen molar-refractivity contribution in [2.45, 2.75) is 36.5 Å². The average Bonchev–Trinajstić information content (AvgIpc) is 3.20. The van der Waals surface area contributed by atoms with Crippen molar-refractivity contribution in [1.29, 1.82) is 0 Å². The lowest BCUT2D eigenvalue weighted by atomic mass is 10.0. The monoisotopic (exact) mass is 525 g/mol. The fraction of sp³-hybridized carbons (Fsp3) is 0.417. The number of rotatable bonds is 8. The summed E-state index contributed by atoms with van der Waals surface area (Å²) in [6.07, 6.45) is 0.114. The summed E-state index contributed by atoms with van der Waals surface area (Å²) in [6, 6.07) is 10.4. The average molecular weight is 526 g/mol. The summed E-state index contributed by atoms with van der Waals surface area (Å²) in [4.78, 5) is 28.9. The number of anilines is 1. The van der Waals surface area contributed by atoms with Crippen LogP contribution in [0.2, 0.25) is 0 Å². The molecule has 0 aliphatic carbocycles. The highest BCUT2D eigenvalue weighted by Crippen LogP contribution is 2.53. The molecule has 2 heterocycles. The Kier molecular flexibility index (Phi) is 7.81. The zero-order valence-corrected chi connectivity index (χ0v) is 20.5. The van der Waals surface area contributed by atoms with Crippen molar-refractivity contribution in [3.8, 4) is 5.75 Å². The third-order valence-corrected chi connectivity index (χ3v) is 8.09. The van der Waals surface area contributed by atoms with Crippen LogP contribution in [-0.4, -0.2) is 81.0 Å². The summed E-state index contributed by atoms with van der Waals surface area (Å²) in [5, 5.41) is 12.5. The number of fused-ring (bicyclic) bond motifs is 1. The number of halogens is 2. The molecule has 0 radical (unpaired) electrons. The molecule has 2 aliphatic rings. The summed E-state index contributed by atoms with van der Waals surface area (Å²) < 4.78 is 50.5. The Bertz CT molecular complexity index is 1130. The molecule has 2 aromatic rings. The summed E-state index contributed by atoms with van der Waals surface area (Å²) in [5.74, 6) is -1.20. The van der Waals surface area contributed by atoms with E-state index in [0.717, 1.165) is 0 Å². The van der Waals surface area contributed by atoms with Gasteiger partial charge in [0.15, 0.2) is 0 Å². The number of likely N-dealkylation sites (N-methyl/N-ethyl adjacent to an activating group) is 1. The number of nitrogens with zero attached hydrogens (tertiary/aromatic N) is 2. The van der Waals surface area contributed by atoms with E-state index in [1.165, 1.54) is 23.1 Å². The maximum absolute atomic E-state index is 13.3. The summed E-state index contributed by atoms with van der Waals surface area (Å²) in [5.41, 5.74) is 1.43.